The van der Waals surface area contributed by atoms with Gasteiger partial charge in [-0.05, 0) is 25.7 Å². The molecule has 0 aromatic heterocycles. The zero-order chi connectivity index (χ0) is 12.0. The summed E-state index contributed by atoms with van der Waals surface area (Å²) in [5.74, 6) is 1.01. The van der Waals surface area contributed by atoms with Crippen LogP contribution in [-0.4, -0.2) is 24.5 Å². The van der Waals surface area contributed by atoms with E-state index in [2.05, 4.69) is 31.4 Å². The molecule has 2 N–H and O–H groups in total. The Balaban J connectivity index is 2.09. The lowest BCUT2D eigenvalue weighted by atomic mass is 10.0. The van der Waals surface area contributed by atoms with Gasteiger partial charge in [0.05, 0.1) is 0 Å². The van der Waals surface area contributed by atoms with E-state index in [-0.39, 0.29) is 5.91 Å². The molecule has 0 aromatic carbocycles. The Morgan fingerprint density at radius 3 is 2.69 bits per heavy atom. The van der Waals surface area contributed by atoms with Crippen LogP contribution in [0.15, 0.2) is 0 Å². The quantitative estimate of drug-likeness (QED) is 0.728. The van der Waals surface area contributed by atoms with E-state index in [0.29, 0.717) is 18.5 Å². The number of carbonyl (C=O) groups excluding carboxylic acids is 1. The fourth-order valence-electron chi connectivity index (χ4n) is 2.19. The molecule has 1 aliphatic heterocycles. The molecule has 1 heterocycles. The molecule has 3 nitrogen and oxygen atoms in total. The molecule has 2 atom stereocenters. The molecule has 0 aromatic rings. The molecular formula is C13H26N2O. The lowest BCUT2D eigenvalue weighted by molar-refractivity contribution is -0.122. The van der Waals surface area contributed by atoms with E-state index in [1.165, 1.54) is 19.3 Å². The van der Waals surface area contributed by atoms with Gasteiger partial charge in [0.2, 0.25) is 5.91 Å². The third kappa shape index (κ3) is 5.50. The normalized spacial score (nSPS) is 23.2. The van der Waals surface area contributed by atoms with Crippen LogP contribution in [0.25, 0.3) is 0 Å². The van der Waals surface area contributed by atoms with Crippen LogP contribution in [0.4, 0.5) is 0 Å². The number of hydrogen-bond acceptors (Lipinski definition) is 2. The molecule has 1 fully saturated rings. The number of amides is 1. The first-order chi connectivity index (χ1) is 7.58. The predicted molar refractivity (Wildman–Crippen MR) is 67.3 cm³/mol. The Morgan fingerprint density at radius 2 is 2.12 bits per heavy atom. The van der Waals surface area contributed by atoms with Crippen molar-refractivity contribution in [1.29, 1.82) is 0 Å². The highest BCUT2D eigenvalue weighted by molar-refractivity contribution is 5.76. The van der Waals surface area contributed by atoms with Crippen LogP contribution in [0.5, 0.6) is 0 Å². The van der Waals surface area contributed by atoms with Crippen LogP contribution in [0, 0.1) is 5.92 Å². The first kappa shape index (κ1) is 13.5. The number of piperidine rings is 1. The lowest BCUT2D eigenvalue weighted by Gasteiger charge is -2.27. The number of hydrogen-bond donors (Lipinski definition) is 2. The molecule has 1 aliphatic rings. The van der Waals surface area contributed by atoms with Gasteiger partial charge in [0.25, 0.3) is 0 Å². The maximum Gasteiger partial charge on any atom is 0.220 e. The van der Waals surface area contributed by atoms with Crippen LogP contribution in [0.1, 0.15) is 52.9 Å². The molecule has 1 rings (SSSR count). The van der Waals surface area contributed by atoms with Crippen molar-refractivity contribution < 1.29 is 4.79 Å². The third-order valence-electron chi connectivity index (χ3n) is 3.20. The topological polar surface area (TPSA) is 41.1 Å². The summed E-state index contributed by atoms with van der Waals surface area (Å²) in [5, 5.41) is 6.51. The lowest BCUT2D eigenvalue weighted by Crippen LogP contribution is -2.48. The summed E-state index contributed by atoms with van der Waals surface area (Å²) < 4.78 is 0. The van der Waals surface area contributed by atoms with E-state index >= 15 is 0 Å². The Labute approximate surface area is 99.4 Å². The van der Waals surface area contributed by atoms with Crippen LogP contribution in [0.2, 0.25) is 0 Å². The van der Waals surface area contributed by atoms with Gasteiger partial charge >= 0.3 is 0 Å². The molecule has 3 heteroatoms. The maximum absolute atomic E-state index is 11.0. The molecule has 0 bridgehead atoms. The van der Waals surface area contributed by atoms with Gasteiger partial charge in [-0.25, -0.2) is 0 Å². The molecule has 1 amide bonds. The second kappa shape index (κ2) is 6.89. The summed E-state index contributed by atoms with van der Waals surface area (Å²) in [6, 6.07) is 1.05. The first-order valence-corrected chi connectivity index (χ1v) is 6.60. The molecule has 0 spiro atoms. The highest BCUT2D eigenvalue weighted by Gasteiger charge is 2.18. The second-order valence-corrected chi connectivity index (χ2v) is 5.43. The molecule has 0 saturated carbocycles. The van der Waals surface area contributed by atoms with Gasteiger partial charge in [-0.3, -0.25) is 4.79 Å². The zero-order valence-corrected chi connectivity index (χ0v) is 10.9. The van der Waals surface area contributed by atoms with Crippen molar-refractivity contribution >= 4 is 5.91 Å². The van der Waals surface area contributed by atoms with Gasteiger partial charge in [-0.2, -0.15) is 0 Å². The Hall–Kier alpha value is -0.570. The van der Waals surface area contributed by atoms with Crippen molar-refractivity contribution in [3.63, 3.8) is 0 Å². The fraction of sp³-hybridized carbons (Fsp3) is 0.923. The van der Waals surface area contributed by atoms with E-state index in [1.54, 1.807) is 0 Å². The van der Waals surface area contributed by atoms with E-state index in [9.17, 15) is 4.79 Å². The molecular weight excluding hydrogens is 200 g/mol. The monoisotopic (exact) mass is 226 g/mol. The van der Waals surface area contributed by atoms with E-state index in [4.69, 9.17) is 0 Å². The standard InChI is InChI=1S/C13H26N2O/c1-10(2)5-4-6-11(3)15-12-7-8-13(16)14-9-12/h10-12,15H,4-9H2,1-3H3,(H,14,16). The summed E-state index contributed by atoms with van der Waals surface area (Å²) in [6.45, 7) is 7.59. The summed E-state index contributed by atoms with van der Waals surface area (Å²) in [7, 11) is 0. The third-order valence-corrected chi connectivity index (χ3v) is 3.20. The van der Waals surface area contributed by atoms with Crippen molar-refractivity contribution in [2.75, 3.05) is 6.54 Å². The smallest absolute Gasteiger partial charge is 0.220 e. The largest absolute Gasteiger partial charge is 0.355 e. The summed E-state index contributed by atoms with van der Waals surface area (Å²) in [6.07, 6.45) is 5.51. The Bertz CT molecular complexity index is 206. The zero-order valence-electron chi connectivity index (χ0n) is 10.9. The van der Waals surface area contributed by atoms with Crippen LogP contribution in [-0.2, 0) is 4.79 Å². The number of nitrogens with one attached hydrogen (secondary N) is 2. The number of carbonyl (C=O) groups is 1. The van der Waals surface area contributed by atoms with Crippen LogP contribution < -0.4 is 10.6 Å². The molecule has 0 radical (unpaired) electrons. The molecule has 16 heavy (non-hydrogen) atoms. The van der Waals surface area contributed by atoms with Gasteiger partial charge in [0.1, 0.15) is 0 Å². The SMILES string of the molecule is CC(C)CCCC(C)NC1CCC(=O)NC1. The van der Waals surface area contributed by atoms with E-state index in [0.717, 1.165) is 18.9 Å². The van der Waals surface area contributed by atoms with Crippen molar-refractivity contribution in [2.24, 2.45) is 5.92 Å². The Kier molecular flexibility index (Phi) is 5.81. The van der Waals surface area contributed by atoms with Gasteiger partial charge < -0.3 is 10.6 Å². The van der Waals surface area contributed by atoms with E-state index < -0.39 is 0 Å². The Morgan fingerprint density at radius 1 is 1.38 bits per heavy atom. The van der Waals surface area contributed by atoms with Gasteiger partial charge in [0.15, 0.2) is 0 Å². The number of rotatable bonds is 6. The second-order valence-electron chi connectivity index (χ2n) is 5.43. The molecule has 94 valence electrons. The molecule has 2 unspecified atom stereocenters. The highest BCUT2D eigenvalue weighted by Crippen LogP contribution is 2.10. The average molecular weight is 226 g/mol. The molecule has 0 aliphatic carbocycles. The fourth-order valence-corrected chi connectivity index (χ4v) is 2.19. The van der Waals surface area contributed by atoms with Gasteiger partial charge in [0, 0.05) is 25.0 Å². The average Bonchev–Trinajstić information content (AvgIpc) is 2.21. The van der Waals surface area contributed by atoms with Crippen molar-refractivity contribution in [3.8, 4) is 0 Å². The first-order valence-electron chi connectivity index (χ1n) is 6.60. The summed E-state index contributed by atoms with van der Waals surface area (Å²) in [4.78, 5) is 11.0. The minimum Gasteiger partial charge on any atom is -0.355 e. The van der Waals surface area contributed by atoms with Gasteiger partial charge in [-0.15, -0.1) is 0 Å². The minimum absolute atomic E-state index is 0.200. The highest BCUT2D eigenvalue weighted by atomic mass is 16.1. The van der Waals surface area contributed by atoms with Crippen molar-refractivity contribution in [1.82, 2.24) is 10.6 Å². The minimum atomic E-state index is 0.200. The van der Waals surface area contributed by atoms with Crippen molar-refractivity contribution in [3.05, 3.63) is 0 Å². The van der Waals surface area contributed by atoms with Gasteiger partial charge in [-0.1, -0.05) is 26.7 Å². The van der Waals surface area contributed by atoms with Crippen LogP contribution in [0.3, 0.4) is 0 Å². The summed E-state index contributed by atoms with van der Waals surface area (Å²) >= 11 is 0. The predicted octanol–water partition coefficient (Wildman–Crippen LogP) is 2.07. The van der Waals surface area contributed by atoms with Crippen molar-refractivity contribution in [2.45, 2.75) is 65.0 Å². The maximum atomic E-state index is 11.0. The molecule has 1 saturated heterocycles. The summed E-state index contributed by atoms with van der Waals surface area (Å²) in [5.41, 5.74) is 0. The van der Waals surface area contributed by atoms with E-state index in [1.807, 2.05) is 0 Å². The van der Waals surface area contributed by atoms with Crippen LogP contribution >= 0.6 is 0 Å².